The van der Waals surface area contributed by atoms with Crippen molar-refractivity contribution in [2.24, 2.45) is 0 Å². The van der Waals surface area contributed by atoms with E-state index in [0.717, 1.165) is 39.3 Å². The minimum Gasteiger partial charge on any atom is -0.489 e. The summed E-state index contributed by atoms with van der Waals surface area (Å²) in [6, 6.07) is 36.1. The summed E-state index contributed by atoms with van der Waals surface area (Å²) in [4.78, 5) is 9.58. The summed E-state index contributed by atoms with van der Waals surface area (Å²) < 4.78 is 5.98. The molecule has 0 bridgehead atoms. The quantitative estimate of drug-likeness (QED) is 0.346. The zero-order chi connectivity index (χ0) is 20.9. The molecule has 0 fully saturated rings. The van der Waals surface area contributed by atoms with Gasteiger partial charge in [0.15, 0.2) is 5.82 Å². The highest BCUT2D eigenvalue weighted by Crippen LogP contribution is 2.28. The summed E-state index contributed by atoms with van der Waals surface area (Å²) in [7, 11) is 0. The fourth-order valence-electron chi connectivity index (χ4n) is 3.43. The molecule has 0 amide bonds. The molecule has 0 aliphatic heterocycles. The van der Waals surface area contributed by atoms with Crippen LogP contribution in [0.2, 0.25) is 0 Å². The standard InChI is InChI=1S/C27H21N3O/c1-3-10-20(11-4-1)19-31-23-15-9-14-22(18-23)28-27-24-16-7-8-17-25(24)29-26(30-27)21-12-5-2-6-13-21/h1-18H,19H2,(H,28,29,30). The second kappa shape index (κ2) is 8.67. The van der Waals surface area contributed by atoms with Crippen LogP contribution in [0.3, 0.4) is 0 Å². The zero-order valence-electron chi connectivity index (χ0n) is 16.9. The third kappa shape index (κ3) is 4.38. The minimum atomic E-state index is 0.527. The van der Waals surface area contributed by atoms with Gasteiger partial charge in [0.25, 0.3) is 0 Å². The second-order valence-electron chi connectivity index (χ2n) is 7.21. The number of hydrogen-bond donors (Lipinski definition) is 1. The van der Waals surface area contributed by atoms with Crippen molar-refractivity contribution in [3.63, 3.8) is 0 Å². The topological polar surface area (TPSA) is 47.0 Å². The number of benzene rings is 4. The maximum absolute atomic E-state index is 5.98. The largest absolute Gasteiger partial charge is 0.489 e. The van der Waals surface area contributed by atoms with Gasteiger partial charge in [-0.3, -0.25) is 0 Å². The van der Waals surface area contributed by atoms with Gasteiger partial charge in [-0.1, -0.05) is 78.9 Å². The Hall–Kier alpha value is -4.18. The highest BCUT2D eigenvalue weighted by molar-refractivity contribution is 5.92. The van der Waals surface area contributed by atoms with E-state index in [2.05, 4.69) is 17.4 Å². The summed E-state index contributed by atoms with van der Waals surface area (Å²) in [5, 5.41) is 4.43. The number of hydrogen-bond acceptors (Lipinski definition) is 4. The first-order chi connectivity index (χ1) is 15.3. The Morgan fingerprint density at radius 2 is 1.42 bits per heavy atom. The van der Waals surface area contributed by atoms with E-state index in [1.165, 1.54) is 0 Å². The number of nitrogens with one attached hydrogen (secondary N) is 1. The van der Waals surface area contributed by atoms with Crippen LogP contribution in [-0.2, 0) is 6.61 Å². The number of nitrogens with zero attached hydrogens (tertiary/aromatic N) is 2. The van der Waals surface area contributed by atoms with E-state index < -0.39 is 0 Å². The summed E-state index contributed by atoms with van der Waals surface area (Å²) in [5.74, 6) is 2.26. The Morgan fingerprint density at radius 3 is 2.26 bits per heavy atom. The van der Waals surface area contributed by atoms with Crippen LogP contribution in [-0.4, -0.2) is 9.97 Å². The smallest absolute Gasteiger partial charge is 0.162 e. The van der Waals surface area contributed by atoms with Crippen molar-refractivity contribution in [3.05, 3.63) is 115 Å². The fraction of sp³-hybridized carbons (Fsp3) is 0.0370. The van der Waals surface area contributed by atoms with E-state index in [0.29, 0.717) is 12.4 Å². The van der Waals surface area contributed by atoms with Gasteiger partial charge in [0, 0.05) is 22.7 Å². The third-order valence-electron chi connectivity index (χ3n) is 4.98. The molecule has 5 rings (SSSR count). The van der Waals surface area contributed by atoms with Crippen LogP contribution < -0.4 is 10.1 Å². The van der Waals surface area contributed by atoms with Crippen molar-refractivity contribution in [1.29, 1.82) is 0 Å². The van der Waals surface area contributed by atoms with Crippen molar-refractivity contribution < 1.29 is 4.74 Å². The van der Waals surface area contributed by atoms with Gasteiger partial charge in [-0.05, 0) is 29.8 Å². The Labute approximate surface area is 181 Å². The highest BCUT2D eigenvalue weighted by Gasteiger charge is 2.10. The van der Waals surface area contributed by atoms with Gasteiger partial charge >= 0.3 is 0 Å². The van der Waals surface area contributed by atoms with Crippen LogP contribution in [0.15, 0.2) is 109 Å². The Kier molecular flexibility index (Phi) is 5.27. The lowest BCUT2D eigenvalue weighted by Gasteiger charge is -2.12. The van der Waals surface area contributed by atoms with Crippen molar-refractivity contribution in [1.82, 2.24) is 9.97 Å². The lowest BCUT2D eigenvalue weighted by atomic mass is 10.2. The van der Waals surface area contributed by atoms with Crippen molar-refractivity contribution >= 4 is 22.4 Å². The molecule has 0 spiro atoms. The average molecular weight is 403 g/mol. The number of aromatic nitrogens is 2. The molecule has 1 heterocycles. The van der Waals surface area contributed by atoms with Gasteiger partial charge in [0.2, 0.25) is 0 Å². The summed E-state index contributed by atoms with van der Waals surface area (Å²) >= 11 is 0. The second-order valence-corrected chi connectivity index (χ2v) is 7.21. The normalized spacial score (nSPS) is 10.7. The molecule has 1 N–H and O–H groups in total. The van der Waals surface area contributed by atoms with Gasteiger partial charge < -0.3 is 10.1 Å². The molecule has 0 aliphatic rings. The van der Waals surface area contributed by atoms with E-state index in [1.807, 2.05) is 97.1 Å². The molecule has 1 aromatic heterocycles. The Bertz CT molecular complexity index is 1300. The molecule has 150 valence electrons. The van der Waals surface area contributed by atoms with Crippen molar-refractivity contribution in [2.75, 3.05) is 5.32 Å². The van der Waals surface area contributed by atoms with Gasteiger partial charge in [-0.25, -0.2) is 9.97 Å². The van der Waals surface area contributed by atoms with Gasteiger partial charge in [-0.2, -0.15) is 0 Å². The molecule has 4 heteroatoms. The summed E-state index contributed by atoms with van der Waals surface area (Å²) in [5.41, 5.74) is 3.93. The fourth-order valence-corrected chi connectivity index (χ4v) is 3.43. The lowest BCUT2D eigenvalue weighted by molar-refractivity contribution is 0.306. The number of anilines is 2. The lowest BCUT2D eigenvalue weighted by Crippen LogP contribution is -2.00. The molecular weight excluding hydrogens is 382 g/mol. The Balaban J connectivity index is 1.45. The van der Waals surface area contributed by atoms with Crippen LogP contribution in [0.25, 0.3) is 22.3 Å². The van der Waals surface area contributed by atoms with E-state index in [9.17, 15) is 0 Å². The van der Waals surface area contributed by atoms with E-state index in [4.69, 9.17) is 14.7 Å². The van der Waals surface area contributed by atoms with E-state index in [1.54, 1.807) is 0 Å². The Morgan fingerprint density at radius 1 is 0.677 bits per heavy atom. The monoisotopic (exact) mass is 403 g/mol. The van der Waals surface area contributed by atoms with Crippen molar-refractivity contribution in [2.45, 2.75) is 6.61 Å². The van der Waals surface area contributed by atoms with Crippen LogP contribution in [0.1, 0.15) is 5.56 Å². The van der Waals surface area contributed by atoms with Gasteiger partial charge in [0.05, 0.1) is 5.52 Å². The maximum Gasteiger partial charge on any atom is 0.162 e. The molecule has 0 unspecified atom stereocenters. The first-order valence-electron chi connectivity index (χ1n) is 10.2. The van der Waals surface area contributed by atoms with E-state index in [-0.39, 0.29) is 0 Å². The molecule has 31 heavy (non-hydrogen) atoms. The molecule has 0 radical (unpaired) electrons. The summed E-state index contributed by atoms with van der Waals surface area (Å²) in [6.45, 7) is 0.527. The van der Waals surface area contributed by atoms with E-state index >= 15 is 0 Å². The highest BCUT2D eigenvalue weighted by atomic mass is 16.5. The maximum atomic E-state index is 5.98. The number of rotatable bonds is 6. The third-order valence-corrected chi connectivity index (χ3v) is 4.98. The molecule has 4 aromatic carbocycles. The molecule has 5 aromatic rings. The molecule has 0 saturated carbocycles. The SMILES string of the molecule is c1ccc(COc2cccc(Nc3nc(-c4ccccc4)nc4ccccc34)c2)cc1. The molecule has 0 atom stereocenters. The van der Waals surface area contributed by atoms with Crippen LogP contribution in [0.4, 0.5) is 11.5 Å². The first kappa shape index (κ1) is 18.8. The predicted octanol–water partition coefficient (Wildman–Crippen LogP) is 6.62. The van der Waals surface area contributed by atoms with Gasteiger partial charge in [0.1, 0.15) is 18.2 Å². The number of fused-ring (bicyclic) bond motifs is 1. The number of para-hydroxylation sites is 1. The minimum absolute atomic E-state index is 0.527. The van der Waals surface area contributed by atoms with Crippen LogP contribution in [0.5, 0.6) is 5.75 Å². The van der Waals surface area contributed by atoms with Crippen molar-refractivity contribution in [3.8, 4) is 17.1 Å². The number of ether oxygens (including phenoxy) is 1. The molecule has 4 nitrogen and oxygen atoms in total. The average Bonchev–Trinajstić information content (AvgIpc) is 2.84. The van der Waals surface area contributed by atoms with Crippen LogP contribution >= 0.6 is 0 Å². The molecule has 0 saturated heterocycles. The summed E-state index contributed by atoms with van der Waals surface area (Å²) in [6.07, 6.45) is 0. The van der Waals surface area contributed by atoms with Gasteiger partial charge in [-0.15, -0.1) is 0 Å². The zero-order valence-corrected chi connectivity index (χ0v) is 16.9. The predicted molar refractivity (Wildman–Crippen MR) is 125 cm³/mol. The first-order valence-corrected chi connectivity index (χ1v) is 10.2. The molecular formula is C27H21N3O. The van der Waals surface area contributed by atoms with Crippen LogP contribution in [0, 0.1) is 0 Å². The molecule has 0 aliphatic carbocycles.